The van der Waals surface area contributed by atoms with Crippen molar-refractivity contribution in [3.8, 4) is 0 Å². The van der Waals surface area contributed by atoms with E-state index < -0.39 is 0 Å². The third kappa shape index (κ3) is 2.24. The van der Waals surface area contributed by atoms with Gasteiger partial charge < -0.3 is 10.6 Å². The van der Waals surface area contributed by atoms with Crippen LogP contribution in [0.4, 0.5) is 0 Å². The lowest BCUT2D eigenvalue weighted by molar-refractivity contribution is 0.0604. The zero-order valence-corrected chi connectivity index (χ0v) is 12.7. The number of hydrogen-bond acceptors (Lipinski definition) is 3. The van der Waals surface area contributed by atoms with Crippen LogP contribution in [-0.4, -0.2) is 29.0 Å². The number of nitrogens with zero attached hydrogens (tertiary/aromatic N) is 2. The van der Waals surface area contributed by atoms with Crippen molar-refractivity contribution < 1.29 is 0 Å². The number of rotatable bonds is 1. The molecular weight excluding hydrogens is 222 g/mol. The Hall–Kier alpha value is -0.730. The van der Waals surface area contributed by atoms with E-state index in [9.17, 15) is 0 Å². The van der Waals surface area contributed by atoms with Gasteiger partial charge in [-0.15, -0.1) is 0 Å². The van der Waals surface area contributed by atoms with E-state index >= 15 is 0 Å². The molecule has 1 saturated carbocycles. The van der Waals surface area contributed by atoms with Gasteiger partial charge in [0.2, 0.25) is 0 Å². The molecule has 1 spiro atoms. The third-order valence-corrected chi connectivity index (χ3v) is 4.95. The highest BCUT2D eigenvalue weighted by Crippen LogP contribution is 2.45. The Morgan fingerprint density at radius 3 is 2.28 bits per heavy atom. The minimum atomic E-state index is 0.236. The summed E-state index contributed by atoms with van der Waals surface area (Å²) in [5, 5.41) is 0. The summed E-state index contributed by atoms with van der Waals surface area (Å²) in [6.45, 7) is 12.5. The van der Waals surface area contributed by atoms with Gasteiger partial charge in [-0.1, -0.05) is 20.8 Å². The lowest BCUT2D eigenvalue weighted by Crippen LogP contribution is -2.56. The normalized spacial score (nSPS) is 33.3. The molecule has 0 aromatic rings. The van der Waals surface area contributed by atoms with Crippen molar-refractivity contribution in [2.45, 2.75) is 71.9 Å². The molecular formula is C15H29N3. The molecule has 0 aromatic carbocycles. The fourth-order valence-corrected chi connectivity index (χ4v) is 3.86. The average Bonchev–Trinajstić information content (AvgIpc) is 2.55. The molecule has 1 heterocycles. The van der Waals surface area contributed by atoms with Crippen LogP contribution in [0.3, 0.4) is 0 Å². The summed E-state index contributed by atoms with van der Waals surface area (Å²) in [6, 6.07) is 0.461. The van der Waals surface area contributed by atoms with Gasteiger partial charge >= 0.3 is 0 Å². The summed E-state index contributed by atoms with van der Waals surface area (Å²) < 4.78 is 0. The minimum absolute atomic E-state index is 0.236. The first-order chi connectivity index (χ1) is 8.26. The van der Waals surface area contributed by atoms with E-state index in [2.05, 4.69) is 44.5 Å². The molecule has 2 aliphatic rings. The Bertz CT molecular complexity index is 330. The van der Waals surface area contributed by atoms with Gasteiger partial charge in [-0.3, -0.25) is 4.99 Å². The van der Waals surface area contributed by atoms with Gasteiger partial charge in [-0.05, 0) is 50.9 Å². The molecule has 1 aliphatic carbocycles. The van der Waals surface area contributed by atoms with E-state index in [1.807, 2.05) is 0 Å². The highest BCUT2D eigenvalue weighted by atomic mass is 15.4. The van der Waals surface area contributed by atoms with Gasteiger partial charge in [-0.2, -0.15) is 0 Å². The number of aliphatic imine (C=N–C) groups is 1. The highest BCUT2D eigenvalue weighted by molar-refractivity contribution is 5.81. The molecule has 0 aromatic heterocycles. The van der Waals surface area contributed by atoms with E-state index in [0.29, 0.717) is 11.5 Å². The molecule has 0 amide bonds. The van der Waals surface area contributed by atoms with Gasteiger partial charge in [0, 0.05) is 6.04 Å². The maximum Gasteiger partial charge on any atom is 0.192 e. The van der Waals surface area contributed by atoms with Crippen LogP contribution in [0.25, 0.3) is 0 Å². The molecule has 0 saturated heterocycles. The minimum Gasteiger partial charge on any atom is -0.370 e. The van der Waals surface area contributed by atoms with Crippen LogP contribution in [0.2, 0.25) is 0 Å². The summed E-state index contributed by atoms with van der Waals surface area (Å²) in [5.74, 6) is 1.61. The van der Waals surface area contributed by atoms with Gasteiger partial charge in [0.15, 0.2) is 5.96 Å². The van der Waals surface area contributed by atoms with Gasteiger partial charge in [0.25, 0.3) is 0 Å². The smallest absolute Gasteiger partial charge is 0.192 e. The lowest BCUT2D eigenvalue weighted by Gasteiger charge is -2.48. The van der Waals surface area contributed by atoms with Crippen molar-refractivity contribution in [2.24, 2.45) is 22.1 Å². The zero-order valence-electron chi connectivity index (χ0n) is 12.7. The van der Waals surface area contributed by atoms with Gasteiger partial charge in [0.1, 0.15) is 0 Å². The van der Waals surface area contributed by atoms with Crippen LogP contribution >= 0.6 is 0 Å². The standard InChI is InChI=1S/C15H29N3/c1-11(2)18-13(16)17-10-15(18)8-6-12(7-9-15)14(3,4)5/h11-12H,6-10H2,1-5H3,(H2,16,17). The summed E-state index contributed by atoms with van der Waals surface area (Å²) in [6.07, 6.45) is 5.12. The molecule has 18 heavy (non-hydrogen) atoms. The summed E-state index contributed by atoms with van der Waals surface area (Å²) in [5.41, 5.74) is 6.76. The second kappa shape index (κ2) is 4.43. The molecule has 0 radical (unpaired) electrons. The number of guanidine groups is 1. The van der Waals surface area contributed by atoms with E-state index in [4.69, 9.17) is 5.73 Å². The van der Waals surface area contributed by atoms with Crippen molar-refractivity contribution >= 4 is 5.96 Å². The quantitative estimate of drug-likeness (QED) is 0.778. The van der Waals surface area contributed by atoms with Crippen LogP contribution in [-0.2, 0) is 0 Å². The molecule has 0 unspecified atom stereocenters. The first-order valence-corrected chi connectivity index (χ1v) is 7.35. The van der Waals surface area contributed by atoms with Crippen molar-refractivity contribution in [3.63, 3.8) is 0 Å². The van der Waals surface area contributed by atoms with E-state index in [1.165, 1.54) is 25.7 Å². The fourth-order valence-electron chi connectivity index (χ4n) is 3.86. The average molecular weight is 251 g/mol. The molecule has 3 heteroatoms. The molecule has 3 nitrogen and oxygen atoms in total. The Morgan fingerprint density at radius 1 is 1.28 bits per heavy atom. The first-order valence-electron chi connectivity index (χ1n) is 7.35. The lowest BCUT2D eigenvalue weighted by atomic mass is 9.67. The van der Waals surface area contributed by atoms with Crippen molar-refractivity contribution in [1.29, 1.82) is 0 Å². The molecule has 0 bridgehead atoms. The second-order valence-electron chi connectivity index (χ2n) is 7.50. The molecule has 1 fully saturated rings. The summed E-state index contributed by atoms with van der Waals surface area (Å²) >= 11 is 0. The Morgan fingerprint density at radius 2 is 1.83 bits per heavy atom. The SMILES string of the molecule is CC(C)N1C(N)=NCC12CCC(C(C)(C)C)CC2. The van der Waals surface area contributed by atoms with Crippen LogP contribution in [0.15, 0.2) is 4.99 Å². The van der Waals surface area contributed by atoms with E-state index in [1.54, 1.807) is 0 Å². The van der Waals surface area contributed by atoms with Crippen molar-refractivity contribution in [1.82, 2.24) is 4.90 Å². The number of nitrogens with two attached hydrogens (primary N) is 1. The van der Waals surface area contributed by atoms with Crippen molar-refractivity contribution in [3.05, 3.63) is 0 Å². The third-order valence-electron chi connectivity index (χ3n) is 4.95. The monoisotopic (exact) mass is 251 g/mol. The van der Waals surface area contributed by atoms with Crippen molar-refractivity contribution in [2.75, 3.05) is 6.54 Å². The van der Waals surface area contributed by atoms with Crippen LogP contribution < -0.4 is 5.73 Å². The molecule has 0 atom stereocenters. The molecule has 104 valence electrons. The maximum absolute atomic E-state index is 6.08. The Balaban J connectivity index is 2.09. The zero-order chi connectivity index (χ0) is 13.6. The van der Waals surface area contributed by atoms with Crippen LogP contribution in [0.1, 0.15) is 60.3 Å². The predicted molar refractivity (Wildman–Crippen MR) is 77.6 cm³/mol. The molecule has 1 aliphatic heterocycles. The molecule has 2 N–H and O–H groups in total. The largest absolute Gasteiger partial charge is 0.370 e. The summed E-state index contributed by atoms with van der Waals surface area (Å²) in [7, 11) is 0. The van der Waals surface area contributed by atoms with Crippen LogP contribution in [0.5, 0.6) is 0 Å². The van der Waals surface area contributed by atoms with Gasteiger partial charge in [0.05, 0.1) is 12.1 Å². The molecule has 2 rings (SSSR count). The highest BCUT2D eigenvalue weighted by Gasteiger charge is 2.46. The topological polar surface area (TPSA) is 41.6 Å². The maximum atomic E-state index is 6.08. The Kier molecular flexibility index (Phi) is 3.37. The first kappa shape index (κ1) is 13.7. The van der Waals surface area contributed by atoms with Crippen LogP contribution in [0, 0.1) is 11.3 Å². The van der Waals surface area contributed by atoms with E-state index in [-0.39, 0.29) is 5.54 Å². The predicted octanol–water partition coefficient (Wildman–Crippen LogP) is 3.00. The summed E-state index contributed by atoms with van der Waals surface area (Å²) in [4.78, 5) is 6.90. The fraction of sp³-hybridized carbons (Fsp3) is 0.933. The number of hydrogen-bond donors (Lipinski definition) is 1. The Labute approximate surface area is 112 Å². The second-order valence-corrected chi connectivity index (χ2v) is 7.50. The van der Waals surface area contributed by atoms with E-state index in [0.717, 1.165) is 18.4 Å². The van der Waals surface area contributed by atoms with Gasteiger partial charge in [-0.25, -0.2) is 0 Å².